The first-order chi connectivity index (χ1) is 6.83. The van der Waals surface area contributed by atoms with Crippen LogP contribution in [-0.2, 0) is 4.74 Å². The molecule has 0 N–H and O–H groups in total. The van der Waals surface area contributed by atoms with E-state index in [2.05, 4.69) is 18.7 Å². The smallest absolute Gasteiger partial charge is 0.155 e. The number of hydrogen-bond donors (Lipinski definition) is 0. The molecule has 88 valence electrons. The average Bonchev–Trinajstić information content (AvgIpc) is 2.07. The third-order valence-electron chi connectivity index (χ3n) is 3.03. The van der Waals surface area contributed by atoms with Gasteiger partial charge in [-0.3, -0.25) is 9.29 Å². The molecule has 0 aliphatic carbocycles. The first-order valence-electron chi connectivity index (χ1n) is 5.91. The molecular weight excluding hydrogens is 192 g/mol. The van der Waals surface area contributed by atoms with Crippen molar-refractivity contribution in [3.63, 3.8) is 0 Å². The number of ether oxygens (including phenoxy) is 1. The van der Waals surface area contributed by atoms with Crippen LogP contribution >= 0.6 is 0 Å². The van der Waals surface area contributed by atoms with Gasteiger partial charge in [-0.15, -0.1) is 0 Å². The molecule has 1 heterocycles. The maximum Gasteiger partial charge on any atom is 0.155 e. The molecule has 4 heteroatoms. The van der Waals surface area contributed by atoms with Crippen LogP contribution in [0.5, 0.6) is 0 Å². The maximum absolute atomic E-state index is 14.3. The van der Waals surface area contributed by atoms with Crippen molar-refractivity contribution in [2.45, 2.75) is 57.9 Å². The molecule has 2 unspecified atom stereocenters. The highest BCUT2D eigenvalue weighted by atomic mass is 19.1. The summed E-state index contributed by atoms with van der Waals surface area (Å²) in [6, 6.07) is 0.417. The molecule has 0 aromatic carbocycles. The minimum Gasteiger partial charge on any atom is -0.373 e. The van der Waals surface area contributed by atoms with E-state index in [1.54, 1.807) is 7.85 Å². The van der Waals surface area contributed by atoms with Crippen LogP contribution in [0.25, 0.3) is 0 Å². The van der Waals surface area contributed by atoms with Crippen molar-refractivity contribution in [2.75, 3.05) is 13.1 Å². The molecule has 0 aromatic heterocycles. The summed E-state index contributed by atoms with van der Waals surface area (Å²) in [6.07, 6.45) is 0.659. The molecule has 0 radical (unpaired) electrons. The van der Waals surface area contributed by atoms with Crippen molar-refractivity contribution in [1.29, 1.82) is 0 Å². The Hall–Kier alpha value is -0.0851. The Morgan fingerprint density at radius 2 is 2.00 bits per heavy atom. The van der Waals surface area contributed by atoms with Gasteiger partial charge in [0.15, 0.2) is 7.85 Å². The molecular formula is C11H23BFNO. The Bertz CT molecular complexity index is 209. The van der Waals surface area contributed by atoms with E-state index in [-0.39, 0.29) is 12.2 Å². The molecule has 1 aliphatic rings. The van der Waals surface area contributed by atoms with Crippen LogP contribution in [0.15, 0.2) is 0 Å². The largest absolute Gasteiger partial charge is 0.373 e. The van der Waals surface area contributed by atoms with Crippen LogP contribution in [0.1, 0.15) is 34.1 Å². The van der Waals surface area contributed by atoms with Crippen molar-refractivity contribution in [3.8, 4) is 0 Å². The van der Waals surface area contributed by atoms with Crippen molar-refractivity contribution >= 4 is 7.85 Å². The summed E-state index contributed by atoms with van der Waals surface area (Å²) < 4.78 is 20.0. The van der Waals surface area contributed by atoms with Crippen LogP contribution < -0.4 is 0 Å². The summed E-state index contributed by atoms with van der Waals surface area (Å²) >= 11 is 0. The van der Waals surface area contributed by atoms with Gasteiger partial charge in [-0.05, 0) is 34.1 Å². The molecule has 0 bridgehead atoms. The molecule has 1 aliphatic heterocycles. The fraction of sp³-hybridized carbons (Fsp3) is 1.00. The molecule has 0 saturated carbocycles. The van der Waals surface area contributed by atoms with Crippen LogP contribution in [-0.4, -0.2) is 49.7 Å². The highest BCUT2D eigenvalue weighted by Crippen LogP contribution is 2.27. The fourth-order valence-electron chi connectivity index (χ4n) is 2.14. The van der Waals surface area contributed by atoms with Gasteiger partial charge in [0.1, 0.15) is 5.57 Å². The summed E-state index contributed by atoms with van der Waals surface area (Å²) in [6.45, 7) is 9.58. The third-order valence-corrected chi connectivity index (χ3v) is 3.03. The molecule has 1 saturated heterocycles. The first kappa shape index (κ1) is 13.0. The topological polar surface area (TPSA) is 12.5 Å². The SMILES string of the molecule is BC1(F)CN(C(C)C)CCC1OC(C)C. The number of piperidine rings is 1. The minimum atomic E-state index is -1.22. The Morgan fingerprint density at radius 3 is 2.40 bits per heavy atom. The van der Waals surface area contributed by atoms with E-state index < -0.39 is 5.57 Å². The number of halogens is 1. The number of likely N-dealkylation sites (tertiary alicyclic amines) is 1. The summed E-state index contributed by atoms with van der Waals surface area (Å²) in [5, 5.41) is 0. The Kier molecular flexibility index (Phi) is 4.18. The second kappa shape index (κ2) is 4.83. The number of alkyl halides is 1. The second-order valence-electron chi connectivity index (χ2n) is 5.30. The summed E-state index contributed by atoms with van der Waals surface area (Å²) in [5.41, 5.74) is -1.22. The molecule has 1 fully saturated rings. The predicted octanol–water partition coefficient (Wildman–Crippen LogP) is 1.19. The zero-order chi connectivity index (χ0) is 11.6. The van der Waals surface area contributed by atoms with Gasteiger partial charge in [-0.25, -0.2) is 0 Å². The molecule has 1 rings (SSSR count). The first-order valence-corrected chi connectivity index (χ1v) is 5.91. The summed E-state index contributed by atoms with van der Waals surface area (Å²) in [7, 11) is 1.66. The van der Waals surface area contributed by atoms with Gasteiger partial charge < -0.3 is 4.74 Å². The van der Waals surface area contributed by atoms with E-state index in [1.807, 2.05) is 13.8 Å². The zero-order valence-corrected chi connectivity index (χ0v) is 10.6. The van der Waals surface area contributed by atoms with Gasteiger partial charge >= 0.3 is 0 Å². The van der Waals surface area contributed by atoms with Crippen LogP contribution in [0.2, 0.25) is 0 Å². The van der Waals surface area contributed by atoms with Crippen molar-refractivity contribution in [2.24, 2.45) is 0 Å². The highest BCUT2D eigenvalue weighted by Gasteiger charge is 2.41. The van der Waals surface area contributed by atoms with Crippen LogP contribution in [0.3, 0.4) is 0 Å². The molecule has 15 heavy (non-hydrogen) atoms. The van der Waals surface area contributed by atoms with Crippen LogP contribution in [0, 0.1) is 0 Å². The van der Waals surface area contributed by atoms with Crippen molar-refractivity contribution < 1.29 is 9.13 Å². The van der Waals surface area contributed by atoms with Gasteiger partial charge in [0.2, 0.25) is 0 Å². The second-order valence-corrected chi connectivity index (χ2v) is 5.30. The Labute approximate surface area is 93.6 Å². The van der Waals surface area contributed by atoms with Gasteiger partial charge in [0.05, 0.1) is 12.2 Å². The summed E-state index contributed by atoms with van der Waals surface area (Å²) in [5.74, 6) is 0. The van der Waals surface area contributed by atoms with Gasteiger partial charge in [0.25, 0.3) is 0 Å². The van der Waals surface area contributed by atoms with Crippen molar-refractivity contribution in [1.82, 2.24) is 4.90 Å². The molecule has 0 aromatic rings. The Balaban J connectivity index is 2.58. The van der Waals surface area contributed by atoms with E-state index in [9.17, 15) is 4.39 Å². The third kappa shape index (κ3) is 3.45. The monoisotopic (exact) mass is 215 g/mol. The predicted molar refractivity (Wildman–Crippen MR) is 63.7 cm³/mol. The highest BCUT2D eigenvalue weighted by molar-refractivity contribution is 6.15. The lowest BCUT2D eigenvalue weighted by Crippen LogP contribution is -2.57. The number of nitrogens with zero attached hydrogens (tertiary/aromatic N) is 1. The van der Waals surface area contributed by atoms with Crippen LogP contribution in [0.4, 0.5) is 4.39 Å². The maximum atomic E-state index is 14.3. The lowest BCUT2D eigenvalue weighted by Gasteiger charge is -2.43. The molecule has 0 spiro atoms. The fourth-order valence-corrected chi connectivity index (χ4v) is 2.14. The lowest BCUT2D eigenvalue weighted by molar-refractivity contribution is -0.0933. The zero-order valence-electron chi connectivity index (χ0n) is 10.6. The average molecular weight is 215 g/mol. The standard InChI is InChI=1S/C11H23BFNO/c1-8(2)14-6-5-10(15-9(3)4)11(12,13)7-14/h8-10H,5-7,12H2,1-4H3. The van der Waals surface area contributed by atoms with E-state index in [0.717, 1.165) is 13.0 Å². The lowest BCUT2D eigenvalue weighted by atomic mass is 9.74. The van der Waals surface area contributed by atoms with Gasteiger partial charge in [0, 0.05) is 19.1 Å². The normalized spacial score (nSPS) is 33.9. The summed E-state index contributed by atoms with van der Waals surface area (Å²) in [4.78, 5) is 2.18. The van der Waals surface area contributed by atoms with E-state index in [4.69, 9.17) is 4.74 Å². The molecule has 0 amide bonds. The quantitative estimate of drug-likeness (QED) is 0.656. The van der Waals surface area contributed by atoms with Crippen molar-refractivity contribution in [3.05, 3.63) is 0 Å². The minimum absolute atomic E-state index is 0.107. The van der Waals surface area contributed by atoms with Gasteiger partial charge in [-0.2, -0.15) is 0 Å². The molecule has 2 atom stereocenters. The van der Waals surface area contributed by atoms with Gasteiger partial charge in [-0.1, -0.05) is 0 Å². The number of hydrogen-bond acceptors (Lipinski definition) is 2. The van der Waals surface area contributed by atoms with E-state index in [0.29, 0.717) is 12.6 Å². The van der Waals surface area contributed by atoms with E-state index >= 15 is 0 Å². The number of rotatable bonds is 3. The Morgan fingerprint density at radius 1 is 1.40 bits per heavy atom. The molecule has 2 nitrogen and oxygen atoms in total. The van der Waals surface area contributed by atoms with E-state index in [1.165, 1.54) is 0 Å².